The molecule has 2 aromatic rings. The number of benzene rings is 1. The molecule has 2 heterocycles. The van der Waals surface area contributed by atoms with Gasteiger partial charge in [-0.05, 0) is 32.9 Å². The first-order valence-corrected chi connectivity index (χ1v) is 7.55. The van der Waals surface area contributed by atoms with Crippen LogP contribution in [0.3, 0.4) is 0 Å². The van der Waals surface area contributed by atoms with Gasteiger partial charge in [-0.25, -0.2) is 0 Å². The standard InChI is InChI=1S/C17H19N3O3/c1-10-9-19(17(22)16-11(2)18-23-12(16)3)14-7-5-6-8-15(14)20(10)13(4)21/h5-8,10H,9H2,1-4H3. The average Bonchev–Trinajstić information content (AvgIpc) is 2.84. The number of hydrogen-bond acceptors (Lipinski definition) is 4. The number of carbonyl (C=O) groups excluding carboxylic acids is 2. The van der Waals surface area contributed by atoms with Crippen LogP contribution >= 0.6 is 0 Å². The summed E-state index contributed by atoms with van der Waals surface area (Å²) >= 11 is 0. The van der Waals surface area contributed by atoms with Crippen molar-refractivity contribution in [1.82, 2.24) is 5.16 Å². The molecule has 6 heteroatoms. The van der Waals surface area contributed by atoms with E-state index in [1.54, 1.807) is 30.6 Å². The zero-order chi connectivity index (χ0) is 16.7. The maximum absolute atomic E-state index is 13.0. The van der Waals surface area contributed by atoms with Crippen LogP contribution in [0.1, 0.15) is 35.7 Å². The summed E-state index contributed by atoms with van der Waals surface area (Å²) in [4.78, 5) is 28.4. The van der Waals surface area contributed by atoms with Crippen molar-refractivity contribution < 1.29 is 14.1 Å². The fourth-order valence-corrected chi connectivity index (χ4v) is 3.17. The van der Waals surface area contributed by atoms with E-state index >= 15 is 0 Å². The van der Waals surface area contributed by atoms with E-state index in [0.717, 1.165) is 11.4 Å². The second-order valence-electron chi connectivity index (χ2n) is 5.84. The van der Waals surface area contributed by atoms with Gasteiger partial charge in [0.05, 0.1) is 23.1 Å². The van der Waals surface area contributed by atoms with Gasteiger partial charge in [-0.2, -0.15) is 0 Å². The Kier molecular flexibility index (Phi) is 3.67. The molecule has 0 radical (unpaired) electrons. The van der Waals surface area contributed by atoms with Crippen LogP contribution in [0.2, 0.25) is 0 Å². The smallest absolute Gasteiger partial charge is 0.263 e. The first kappa shape index (κ1) is 15.3. The van der Waals surface area contributed by atoms with E-state index in [-0.39, 0.29) is 17.9 Å². The highest BCUT2D eigenvalue weighted by molar-refractivity contribution is 6.11. The molecule has 120 valence electrons. The van der Waals surface area contributed by atoms with Crippen LogP contribution in [0.25, 0.3) is 0 Å². The molecule has 1 aromatic heterocycles. The van der Waals surface area contributed by atoms with E-state index in [9.17, 15) is 9.59 Å². The predicted octanol–water partition coefficient (Wildman–Crippen LogP) is 2.69. The van der Waals surface area contributed by atoms with E-state index in [1.165, 1.54) is 0 Å². The van der Waals surface area contributed by atoms with Gasteiger partial charge in [-0.3, -0.25) is 9.59 Å². The third-order valence-corrected chi connectivity index (χ3v) is 4.15. The summed E-state index contributed by atoms with van der Waals surface area (Å²) in [6, 6.07) is 7.34. The van der Waals surface area contributed by atoms with Crippen LogP contribution in [-0.2, 0) is 4.79 Å². The maximum Gasteiger partial charge on any atom is 0.263 e. The number of para-hydroxylation sites is 2. The number of rotatable bonds is 1. The van der Waals surface area contributed by atoms with Gasteiger partial charge in [0.25, 0.3) is 5.91 Å². The molecule has 1 aliphatic heterocycles. The highest BCUT2D eigenvalue weighted by Crippen LogP contribution is 2.36. The summed E-state index contributed by atoms with van der Waals surface area (Å²) in [5.74, 6) is 0.324. The minimum atomic E-state index is -0.149. The van der Waals surface area contributed by atoms with Crippen LogP contribution < -0.4 is 9.80 Å². The number of aryl methyl sites for hydroxylation is 2. The molecule has 0 aliphatic carbocycles. The van der Waals surface area contributed by atoms with Crippen LogP contribution in [0.4, 0.5) is 11.4 Å². The Morgan fingerprint density at radius 2 is 1.87 bits per heavy atom. The zero-order valence-corrected chi connectivity index (χ0v) is 13.7. The molecule has 1 aromatic carbocycles. The Balaban J connectivity index is 2.09. The van der Waals surface area contributed by atoms with E-state index in [0.29, 0.717) is 23.6 Å². The SMILES string of the molecule is CC(=O)N1c2ccccc2N(C(=O)c2c(C)noc2C)CC1C. The van der Waals surface area contributed by atoms with E-state index in [2.05, 4.69) is 5.16 Å². The Labute approximate surface area is 134 Å². The first-order valence-electron chi connectivity index (χ1n) is 7.55. The molecule has 1 unspecified atom stereocenters. The number of fused-ring (bicyclic) bond motifs is 1. The molecule has 6 nitrogen and oxygen atoms in total. The molecule has 0 saturated heterocycles. The predicted molar refractivity (Wildman–Crippen MR) is 86.7 cm³/mol. The molecule has 0 saturated carbocycles. The normalized spacial score (nSPS) is 17.1. The minimum absolute atomic E-state index is 0.0330. The fraction of sp³-hybridized carbons (Fsp3) is 0.353. The van der Waals surface area contributed by atoms with Crippen LogP contribution in [0.15, 0.2) is 28.8 Å². The van der Waals surface area contributed by atoms with Crippen LogP contribution in [-0.4, -0.2) is 29.6 Å². The van der Waals surface area contributed by atoms with Gasteiger partial charge < -0.3 is 14.3 Å². The lowest BCUT2D eigenvalue weighted by molar-refractivity contribution is -0.117. The van der Waals surface area contributed by atoms with Gasteiger partial charge in [-0.15, -0.1) is 0 Å². The number of carbonyl (C=O) groups is 2. The molecule has 1 atom stereocenters. The molecule has 0 fully saturated rings. The summed E-state index contributed by atoms with van der Waals surface area (Å²) in [6.07, 6.45) is 0. The van der Waals surface area contributed by atoms with Gasteiger partial charge in [0, 0.05) is 13.5 Å². The molecule has 2 amide bonds. The molecular weight excluding hydrogens is 294 g/mol. The summed E-state index contributed by atoms with van der Waals surface area (Å²) in [6.45, 7) is 7.39. The highest BCUT2D eigenvalue weighted by atomic mass is 16.5. The van der Waals surface area contributed by atoms with E-state index in [1.807, 2.05) is 31.2 Å². The number of aromatic nitrogens is 1. The van der Waals surface area contributed by atoms with Gasteiger partial charge in [0.1, 0.15) is 11.3 Å². The lowest BCUT2D eigenvalue weighted by Gasteiger charge is -2.40. The Morgan fingerprint density at radius 1 is 1.22 bits per heavy atom. The Morgan fingerprint density at radius 3 is 2.43 bits per heavy atom. The molecule has 0 N–H and O–H groups in total. The van der Waals surface area contributed by atoms with Crippen molar-refractivity contribution in [3.8, 4) is 0 Å². The number of nitrogens with zero attached hydrogens (tertiary/aromatic N) is 3. The number of hydrogen-bond donors (Lipinski definition) is 0. The van der Waals surface area contributed by atoms with Crippen molar-refractivity contribution in [1.29, 1.82) is 0 Å². The van der Waals surface area contributed by atoms with Crippen molar-refractivity contribution in [2.45, 2.75) is 33.7 Å². The van der Waals surface area contributed by atoms with Crippen molar-refractivity contribution in [2.75, 3.05) is 16.3 Å². The van der Waals surface area contributed by atoms with Crippen molar-refractivity contribution in [3.63, 3.8) is 0 Å². The second-order valence-corrected chi connectivity index (χ2v) is 5.84. The lowest BCUT2D eigenvalue weighted by Crippen LogP contribution is -2.51. The lowest BCUT2D eigenvalue weighted by atomic mass is 10.1. The monoisotopic (exact) mass is 313 g/mol. The Hall–Kier alpha value is -2.63. The second kappa shape index (κ2) is 5.53. The minimum Gasteiger partial charge on any atom is -0.361 e. The average molecular weight is 313 g/mol. The molecular formula is C17H19N3O3. The fourth-order valence-electron chi connectivity index (χ4n) is 3.17. The van der Waals surface area contributed by atoms with Crippen molar-refractivity contribution >= 4 is 23.2 Å². The summed E-state index contributed by atoms with van der Waals surface area (Å²) < 4.78 is 5.12. The van der Waals surface area contributed by atoms with Gasteiger partial charge in [0.2, 0.25) is 5.91 Å². The number of amides is 2. The molecule has 3 rings (SSSR count). The first-order chi connectivity index (χ1) is 10.9. The number of anilines is 2. The zero-order valence-electron chi connectivity index (χ0n) is 13.7. The van der Waals surface area contributed by atoms with Crippen molar-refractivity contribution in [2.24, 2.45) is 0 Å². The molecule has 1 aliphatic rings. The summed E-state index contributed by atoms with van der Waals surface area (Å²) in [7, 11) is 0. The molecule has 0 spiro atoms. The highest BCUT2D eigenvalue weighted by Gasteiger charge is 2.35. The third-order valence-electron chi connectivity index (χ3n) is 4.15. The summed E-state index contributed by atoms with van der Waals surface area (Å²) in [5, 5.41) is 3.86. The van der Waals surface area contributed by atoms with Crippen molar-refractivity contribution in [3.05, 3.63) is 41.3 Å². The maximum atomic E-state index is 13.0. The van der Waals surface area contributed by atoms with Gasteiger partial charge in [0.15, 0.2) is 0 Å². The van der Waals surface area contributed by atoms with E-state index in [4.69, 9.17) is 4.52 Å². The van der Waals surface area contributed by atoms with E-state index < -0.39 is 0 Å². The Bertz CT molecular complexity index is 762. The molecule has 23 heavy (non-hydrogen) atoms. The quantitative estimate of drug-likeness (QED) is 0.812. The van der Waals surface area contributed by atoms with Gasteiger partial charge >= 0.3 is 0 Å². The largest absolute Gasteiger partial charge is 0.361 e. The van der Waals surface area contributed by atoms with Gasteiger partial charge in [-0.1, -0.05) is 17.3 Å². The summed E-state index contributed by atoms with van der Waals surface area (Å²) in [5.41, 5.74) is 2.54. The molecule has 0 bridgehead atoms. The van der Waals surface area contributed by atoms with Crippen LogP contribution in [0, 0.1) is 13.8 Å². The third kappa shape index (κ3) is 2.40. The topological polar surface area (TPSA) is 66.7 Å². The van der Waals surface area contributed by atoms with Crippen LogP contribution in [0.5, 0.6) is 0 Å².